The Kier molecular flexibility index (Phi) is 3.80. The molecular weight excluding hydrogens is 268 g/mol. The molecule has 0 saturated carbocycles. The predicted molar refractivity (Wildman–Crippen MR) is 74.5 cm³/mol. The van der Waals surface area contributed by atoms with E-state index in [1.807, 2.05) is 6.20 Å². The summed E-state index contributed by atoms with van der Waals surface area (Å²) in [7, 11) is -3.03. The van der Waals surface area contributed by atoms with E-state index in [2.05, 4.69) is 18.8 Å². The fourth-order valence-electron chi connectivity index (χ4n) is 2.29. The van der Waals surface area contributed by atoms with Crippen LogP contribution in [0.5, 0.6) is 0 Å². The van der Waals surface area contributed by atoms with Crippen LogP contribution in [0, 0.1) is 6.92 Å². The van der Waals surface area contributed by atoms with Crippen LogP contribution in [0.2, 0.25) is 0 Å². The van der Waals surface area contributed by atoms with Gasteiger partial charge in [-0.15, -0.1) is 11.3 Å². The Hall–Kier alpha value is -0.460. The van der Waals surface area contributed by atoms with Crippen molar-refractivity contribution in [3.8, 4) is 0 Å². The van der Waals surface area contributed by atoms with Gasteiger partial charge < -0.3 is 0 Å². The van der Waals surface area contributed by atoms with Crippen molar-refractivity contribution in [1.82, 2.24) is 9.29 Å². The summed E-state index contributed by atoms with van der Waals surface area (Å²) in [6, 6.07) is 0. The molecule has 1 aromatic heterocycles. The van der Waals surface area contributed by atoms with Crippen molar-refractivity contribution >= 4 is 21.4 Å². The zero-order chi connectivity index (χ0) is 13.4. The van der Waals surface area contributed by atoms with Gasteiger partial charge in [-0.2, -0.15) is 0 Å². The van der Waals surface area contributed by atoms with Gasteiger partial charge in [-0.3, -0.25) is 0 Å². The second-order valence-corrected chi connectivity index (χ2v) is 8.63. The van der Waals surface area contributed by atoms with E-state index in [1.54, 1.807) is 22.6 Å². The normalized spacial score (nSPS) is 21.1. The van der Waals surface area contributed by atoms with Gasteiger partial charge >= 0.3 is 0 Å². The number of sulfonamides is 1. The third kappa shape index (κ3) is 2.60. The summed E-state index contributed by atoms with van der Waals surface area (Å²) in [6.45, 7) is 7.19. The van der Waals surface area contributed by atoms with Gasteiger partial charge in [-0.25, -0.2) is 17.7 Å². The number of aryl methyl sites for hydroxylation is 1. The van der Waals surface area contributed by atoms with Crippen molar-refractivity contribution in [3.05, 3.63) is 16.1 Å². The maximum Gasteiger partial charge on any atom is 0.213 e. The van der Waals surface area contributed by atoms with E-state index in [9.17, 15) is 8.42 Å². The molecule has 1 fully saturated rings. The molecular formula is C12H20N2O2S2. The Labute approximate surface area is 113 Å². The summed E-state index contributed by atoms with van der Waals surface area (Å²) in [5.74, 6) is 0.195. The van der Waals surface area contributed by atoms with E-state index in [1.165, 1.54) is 4.88 Å². The molecule has 6 heteroatoms. The van der Waals surface area contributed by atoms with Gasteiger partial charge in [0.1, 0.15) is 0 Å². The van der Waals surface area contributed by atoms with Gasteiger partial charge in [0.2, 0.25) is 10.0 Å². The van der Waals surface area contributed by atoms with Crippen molar-refractivity contribution < 1.29 is 8.42 Å². The van der Waals surface area contributed by atoms with Crippen LogP contribution in [-0.2, 0) is 15.4 Å². The Morgan fingerprint density at radius 3 is 2.50 bits per heavy atom. The van der Waals surface area contributed by atoms with E-state index in [4.69, 9.17) is 0 Å². The average Bonchev–Trinajstić information content (AvgIpc) is 2.77. The number of hydrogen-bond acceptors (Lipinski definition) is 4. The average molecular weight is 288 g/mol. The van der Waals surface area contributed by atoms with E-state index in [0.717, 1.165) is 17.8 Å². The van der Waals surface area contributed by atoms with Crippen LogP contribution >= 0.6 is 11.3 Å². The number of rotatable bonds is 3. The molecule has 0 aromatic carbocycles. The zero-order valence-corrected chi connectivity index (χ0v) is 12.8. The van der Waals surface area contributed by atoms with E-state index in [0.29, 0.717) is 13.1 Å². The maximum atomic E-state index is 11.8. The molecule has 0 unspecified atom stereocenters. The van der Waals surface area contributed by atoms with Crippen molar-refractivity contribution in [3.63, 3.8) is 0 Å². The summed E-state index contributed by atoms with van der Waals surface area (Å²) in [6.07, 6.45) is 3.62. The fraction of sp³-hybridized carbons (Fsp3) is 0.750. The molecule has 2 heterocycles. The molecule has 1 saturated heterocycles. The first-order valence-corrected chi connectivity index (χ1v) is 8.71. The summed E-state index contributed by atoms with van der Waals surface area (Å²) in [5.41, 5.74) is 0.0404. The van der Waals surface area contributed by atoms with Gasteiger partial charge in [0.05, 0.1) is 10.8 Å². The third-order valence-electron chi connectivity index (χ3n) is 3.72. The van der Waals surface area contributed by atoms with Gasteiger partial charge in [-0.1, -0.05) is 6.92 Å². The van der Waals surface area contributed by atoms with Gasteiger partial charge in [0, 0.05) is 29.6 Å². The lowest BCUT2D eigenvalue weighted by atomic mass is 9.82. The highest BCUT2D eigenvalue weighted by atomic mass is 32.2. The lowest BCUT2D eigenvalue weighted by Gasteiger charge is -2.37. The van der Waals surface area contributed by atoms with Crippen LogP contribution in [0.25, 0.3) is 0 Å². The predicted octanol–water partition coefficient (Wildman–Crippen LogP) is 2.15. The van der Waals surface area contributed by atoms with Crippen LogP contribution in [-0.4, -0.2) is 36.5 Å². The maximum absolute atomic E-state index is 11.8. The minimum Gasteiger partial charge on any atom is -0.249 e. The quantitative estimate of drug-likeness (QED) is 0.856. The minimum absolute atomic E-state index is 0.0404. The topological polar surface area (TPSA) is 50.3 Å². The number of thiazole rings is 1. The standard InChI is InChI=1S/C12H20N2O2S2/c1-4-18(15,16)14-7-5-12(3,6-8-14)11-13-9-10(2)17-11/h9H,4-8H2,1-3H3. The molecule has 2 rings (SSSR count). The fourth-order valence-corrected chi connectivity index (χ4v) is 4.36. The Bertz CT molecular complexity index is 514. The Morgan fingerprint density at radius 1 is 1.44 bits per heavy atom. The SMILES string of the molecule is CCS(=O)(=O)N1CCC(C)(c2ncc(C)s2)CC1. The smallest absolute Gasteiger partial charge is 0.213 e. The molecule has 0 aliphatic carbocycles. The molecule has 0 N–H and O–H groups in total. The second kappa shape index (κ2) is 4.90. The third-order valence-corrected chi connectivity index (χ3v) is 6.82. The first-order chi connectivity index (χ1) is 8.37. The number of hydrogen-bond donors (Lipinski definition) is 0. The minimum atomic E-state index is -3.03. The van der Waals surface area contributed by atoms with E-state index >= 15 is 0 Å². The molecule has 4 nitrogen and oxygen atoms in total. The lowest BCUT2D eigenvalue weighted by Crippen LogP contribution is -2.44. The number of nitrogens with zero attached hydrogens (tertiary/aromatic N) is 2. The summed E-state index contributed by atoms with van der Waals surface area (Å²) in [4.78, 5) is 5.69. The van der Waals surface area contributed by atoms with Crippen LogP contribution in [0.4, 0.5) is 0 Å². The highest BCUT2D eigenvalue weighted by Gasteiger charge is 2.37. The summed E-state index contributed by atoms with van der Waals surface area (Å²) < 4.78 is 25.3. The molecule has 102 valence electrons. The molecule has 1 aliphatic heterocycles. The van der Waals surface area contributed by atoms with Crippen LogP contribution < -0.4 is 0 Å². The first-order valence-electron chi connectivity index (χ1n) is 6.28. The van der Waals surface area contributed by atoms with Crippen LogP contribution in [0.1, 0.15) is 36.6 Å². The first kappa shape index (κ1) is 14.0. The van der Waals surface area contributed by atoms with Gasteiger partial charge in [0.25, 0.3) is 0 Å². The monoisotopic (exact) mass is 288 g/mol. The van der Waals surface area contributed by atoms with Crippen molar-refractivity contribution in [2.45, 2.75) is 39.0 Å². The molecule has 0 amide bonds. The number of aromatic nitrogens is 1. The highest BCUT2D eigenvalue weighted by Crippen LogP contribution is 2.37. The molecule has 1 aliphatic rings. The Morgan fingerprint density at radius 2 is 2.06 bits per heavy atom. The Balaban J connectivity index is 2.10. The van der Waals surface area contributed by atoms with E-state index < -0.39 is 10.0 Å². The van der Waals surface area contributed by atoms with Crippen LogP contribution in [0.3, 0.4) is 0 Å². The molecule has 0 radical (unpaired) electrons. The summed E-state index contributed by atoms with van der Waals surface area (Å²) >= 11 is 1.73. The van der Waals surface area contributed by atoms with E-state index in [-0.39, 0.29) is 11.2 Å². The number of piperidine rings is 1. The van der Waals surface area contributed by atoms with Gasteiger partial charge in [-0.05, 0) is 26.7 Å². The second-order valence-electron chi connectivity index (χ2n) is 5.14. The molecule has 18 heavy (non-hydrogen) atoms. The molecule has 0 bridgehead atoms. The summed E-state index contributed by atoms with van der Waals surface area (Å²) in [5, 5.41) is 1.15. The highest BCUT2D eigenvalue weighted by molar-refractivity contribution is 7.89. The van der Waals surface area contributed by atoms with Gasteiger partial charge in [0.15, 0.2) is 0 Å². The molecule has 0 atom stereocenters. The zero-order valence-electron chi connectivity index (χ0n) is 11.1. The molecule has 0 spiro atoms. The van der Waals surface area contributed by atoms with Crippen molar-refractivity contribution in [2.75, 3.05) is 18.8 Å². The van der Waals surface area contributed by atoms with Crippen molar-refractivity contribution in [2.24, 2.45) is 0 Å². The lowest BCUT2D eigenvalue weighted by molar-refractivity contribution is 0.248. The van der Waals surface area contributed by atoms with Crippen molar-refractivity contribution in [1.29, 1.82) is 0 Å². The largest absolute Gasteiger partial charge is 0.249 e. The van der Waals surface area contributed by atoms with Crippen LogP contribution in [0.15, 0.2) is 6.20 Å². The molecule has 1 aromatic rings.